The first-order valence-corrected chi connectivity index (χ1v) is 6.24. The van der Waals surface area contributed by atoms with Crippen molar-refractivity contribution < 1.29 is 15.0 Å². The van der Waals surface area contributed by atoms with E-state index in [9.17, 15) is 4.79 Å². The third-order valence-corrected chi connectivity index (χ3v) is 3.69. The largest absolute Gasteiger partial charge is 0.481 e. The monoisotopic (exact) mass is 249 g/mol. The van der Waals surface area contributed by atoms with Crippen molar-refractivity contribution in [3.05, 3.63) is 35.4 Å². The average Bonchev–Trinajstić information content (AvgIpc) is 2.33. The summed E-state index contributed by atoms with van der Waals surface area (Å²) in [5.74, 6) is -0.677. The fourth-order valence-corrected chi connectivity index (χ4v) is 2.27. The number of rotatable bonds is 5. The highest BCUT2D eigenvalue weighted by Crippen LogP contribution is 2.25. The predicted octanol–water partition coefficient (Wildman–Crippen LogP) is 1.33. The SMILES string of the molecule is CC(C(=O)O)C1CN(Cc2ccc(CO)cc2)C1. The van der Waals surface area contributed by atoms with E-state index in [1.807, 2.05) is 24.3 Å². The minimum absolute atomic E-state index is 0.0716. The van der Waals surface area contributed by atoms with Gasteiger partial charge in [0.15, 0.2) is 0 Å². The van der Waals surface area contributed by atoms with Gasteiger partial charge in [0.1, 0.15) is 0 Å². The quantitative estimate of drug-likeness (QED) is 0.826. The van der Waals surface area contributed by atoms with Gasteiger partial charge >= 0.3 is 5.97 Å². The maximum Gasteiger partial charge on any atom is 0.306 e. The van der Waals surface area contributed by atoms with Crippen LogP contribution in [0, 0.1) is 11.8 Å². The van der Waals surface area contributed by atoms with Crippen LogP contribution in [-0.4, -0.2) is 34.2 Å². The molecule has 0 amide bonds. The zero-order chi connectivity index (χ0) is 13.1. The number of carboxylic acids is 1. The lowest BCUT2D eigenvalue weighted by Gasteiger charge is -2.41. The van der Waals surface area contributed by atoms with Crippen LogP contribution in [0.2, 0.25) is 0 Å². The highest BCUT2D eigenvalue weighted by Gasteiger charge is 2.34. The highest BCUT2D eigenvalue weighted by molar-refractivity contribution is 5.70. The van der Waals surface area contributed by atoms with Crippen LogP contribution in [0.15, 0.2) is 24.3 Å². The smallest absolute Gasteiger partial charge is 0.306 e. The second-order valence-electron chi connectivity index (χ2n) is 5.06. The van der Waals surface area contributed by atoms with Gasteiger partial charge in [-0.3, -0.25) is 9.69 Å². The normalized spacial score (nSPS) is 18.3. The van der Waals surface area contributed by atoms with Crippen molar-refractivity contribution in [2.75, 3.05) is 13.1 Å². The maximum atomic E-state index is 10.8. The number of aliphatic hydroxyl groups excluding tert-OH is 1. The van der Waals surface area contributed by atoms with Crippen molar-refractivity contribution in [1.82, 2.24) is 4.90 Å². The number of nitrogens with zero attached hydrogens (tertiary/aromatic N) is 1. The number of hydrogen-bond donors (Lipinski definition) is 2. The Morgan fingerprint density at radius 1 is 1.33 bits per heavy atom. The minimum Gasteiger partial charge on any atom is -0.481 e. The number of likely N-dealkylation sites (tertiary alicyclic amines) is 1. The molecule has 18 heavy (non-hydrogen) atoms. The van der Waals surface area contributed by atoms with Crippen molar-refractivity contribution in [2.24, 2.45) is 11.8 Å². The summed E-state index contributed by atoms with van der Waals surface area (Å²) in [7, 11) is 0. The summed E-state index contributed by atoms with van der Waals surface area (Å²) < 4.78 is 0. The molecule has 0 aliphatic carbocycles. The molecule has 4 heteroatoms. The summed E-state index contributed by atoms with van der Waals surface area (Å²) in [5, 5.41) is 17.9. The molecule has 1 aliphatic heterocycles. The molecule has 98 valence electrons. The Bertz CT molecular complexity index is 410. The number of carboxylic acid groups (broad SMARTS) is 1. The summed E-state index contributed by atoms with van der Waals surface area (Å²) in [5.41, 5.74) is 2.12. The predicted molar refractivity (Wildman–Crippen MR) is 67.9 cm³/mol. The van der Waals surface area contributed by atoms with Crippen molar-refractivity contribution in [1.29, 1.82) is 0 Å². The zero-order valence-corrected chi connectivity index (χ0v) is 10.5. The van der Waals surface area contributed by atoms with Gasteiger partial charge in [-0.1, -0.05) is 31.2 Å². The van der Waals surface area contributed by atoms with Crippen LogP contribution in [-0.2, 0) is 17.9 Å². The summed E-state index contributed by atoms with van der Waals surface area (Å²) in [6.45, 7) is 4.42. The summed E-state index contributed by atoms with van der Waals surface area (Å²) in [6, 6.07) is 7.87. The van der Waals surface area contributed by atoms with Crippen molar-refractivity contribution in [3.8, 4) is 0 Å². The lowest BCUT2D eigenvalue weighted by atomic mass is 9.87. The molecule has 1 unspecified atom stereocenters. The highest BCUT2D eigenvalue weighted by atomic mass is 16.4. The van der Waals surface area contributed by atoms with E-state index in [0.29, 0.717) is 0 Å². The zero-order valence-electron chi connectivity index (χ0n) is 10.5. The fraction of sp³-hybridized carbons (Fsp3) is 0.500. The van der Waals surface area contributed by atoms with Gasteiger partial charge in [0.25, 0.3) is 0 Å². The van der Waals surface area contributed by atoms with E-state index in [1.54, 1.807) is 6.92 Å². The first-order valence-electron chi connectivity index (χ1n) is 6.24. The van der Waals surface area contributed by atoms with Crippen LogP contribution in [0.25, 0.3) is 0 Å². The first-order chi connectivity index (χ1) is 8.60. The number of hydrogen-bond acceptors (Lipinski definition) is 3. The Morgan fingerprint density at radius 3 is 2.39 bits per heavy atom. The Kier molecular flexibility index (Phi) is 3.99. The van der Waals surface area contributed by atoms with Crippen molar-refractivity contribution in [2.45, 2.75) is 20.1 Å². The molecule has 4 nitrogen and oxygen atoms in total. The van der Waals surface area contributed by atoms with Crippen LogP contribution >= 0.6 is 0 Å². The van der Waals surface area contributed by atoms with Gasteiger partial charge in [0.2, 0.25) is 0 Å². The molecule has 1 saturated heterocycles. The van der Waals surface area contributed by atoms with Crippen molar-refractivity contribution in [3.63, 3.8) is 0 Å². The molecule has 1 atom stereocenters. The third kappa shape index (κ3) is 2.89. The average molecular weight is 249 g/mol. The molecular formula is C14H19NO3. The number of aliphatic carboxylic acids is 1. The van der Waals surface area contributed by atoms with Crippen LogP contribution in [0.3, 0.4) is 0 Å². The molecule has 2 N–H and O–H groups in total. The molecule has 2 rings (SSSR count). The Labute approximate surface area is 107 Å². The second kappa shape index (κ2) is 5.50. The standard InChI is InChI=1S/C14H19NO3/c1-10(14(17)18)13-7-15(8-13)6-11-2-4-12(9-16)5-3-11/h2-5,10,13,16H,6-9H2,1H3,(H,17,18). The van der Waals surface area contributed by atoms with E-state index < -0.39 is 5.97 Å². The van der Waals surface area contributed by atoms with Gasteiger partial charge in [-0.2, -0.15) is 0 Å². The molecule has 1 aromatic carbocycles. The van der Waals surface area contributed by atoms with Crippen molar-refractivity contribution >= 4 is 5.97 Å². The van der Waals surface area contributed by atoms with Crippen LogP contribution < -0.4 is 0 Å². The Morgan fingerprint density at radius 2 is 1.89 bits per heavy atom. The first kappa shape index (κ1) is 13.1. The third-order valence-electron chi connectivity index (χ3n) is 3.69. The molecule has 0 radical (unpaired) electrons. The van der Waals surface area contributed by atoms with Crippen LogP contribution in [0.1, 0.15) is 18.1 Å². The van der Waals surface area contributed by atoms with Gasteiger partial charge in [-0.05, 0) is 17.0 Å². The van der Waals surface area contributed by atoms with E-state index in [2.05, 4.69) is 4.90 Å². The van der Waals surface area contributed by atoms with Gasteiger partial charge in [-0.15, -0.1) is 0 Å². The van der Waals surface area contributed by atoms with E-state index >= 15 is 0 Å². The van der Waals surface area contributed by atoms with E-state index in [-0.39, 0.29) is 18.4 Å². The molecule has 1 fully saturated rings. The molecule has 0 saturated carbocycles. The van der Waals surface area contributed by atoms with E-state index in [4.69, 9.17) is 10.2 Å². The minimum atomic E-state index is -0.702. The molecule has 1 aromatic rings. The lowest BCUT2D eigenvalue weighted by molar-refractivity contribution is -0.145. The second-order valence-corrected chi connectivity index (χ2v) is 5.06. The number of carbonyl (C=O) groups is 1. The number of aliphatic hydroxyl groups is 1. The fourth-order valence-electron chi connectivity index (χ4n) is 2.27. The Hall–Kier alpha value is -1.39. The van der Waals surface area contributed by atoms with Gasteiger partial charge < -0.3 is 10.2 Å². The molecule has 1 aliphatic rings. The molecule has 0 bridgehead atoms. The van der Waals surface area contributed by atoms with Gasteiger partial charge in [-0.25, -0.2) is 0 Å². The maximum absolute atomic E-state index is 10.8. The summed E-state index contributed by atoms with van der Waals surface area (Å²) in [6.07, 6.45) is 0. The van der Waals surface area contributed by atoms with Gasteiger partial charge in [0, 0.05) is 19.6 Å². The van der Waals surface area contributed by atoms with E-state index in [1.165, 1.54) is 5.56 Å². The Balaban J connectivity index is 1.81. The number of benzene rings is 1. The van der Waals surface area contributed by atoms with E-state index in [0.717, 1.165) is 25.2 Å². The molecule has 1 heterocycles. The molecule has 0 spiro atoms. The summed E-state index contributed by atoms with van der Waals surface area (Å²) >= 11 is 0. The van der Waals surface area contributed by atoms with Crippen LogP contribution in [0.4, 0.5) is 0 Å². The summed E-state index contributed by atoms with van der Waals surface area (Å²) in [4.78, 5) is 13.1. The molecular weight excluding hydrogens is 230 g/mol. The van der Waals surface area contributed by atoms with Crippen LogP contribution in [0.5, 0.6) is 0 Å². The van der Waals surface area contributed by atoms with Gasteiger partial charge in [0.05, 0.1) is 12.5 Å². The lowest BCUT2D eigenvalue weighted by Crippen LogP contribution is -2.50. The molecule has 0 aromatic heterocycles. The topological polar surface area (TPSA) is 60.8 Å².